The van der Waals surface area contributed by atoms with Gasteiger partial charge in [0.2, 0.25) is 0 Å². The number of halogens is 1. The average molecular weight is 399 g/mol. The monoisotopic (exact) mass is 399 g/mol. The maximum atomic E-state index is 14.9. The summed E-state index contributed by atoms with van der Waals surface area (Å²) >= 11 is 0. The maximum Gasteiger partial charge on any atom is 0.341 e. The van der Waals surface area contributed by atoms with E-state index in [9.17, 15) is 14.3 Å². The van der Waals surface area contributed by atoms with E-state index in [0.717, 1.165) is 11.1 Å². The van der Waals surface area contributed by atoms with Crippen LogP contribution in [0.5, 0.6) is 0 Å². The molecule has 2 aromatic rings. The molecule has 0 spiro atoms. The SMILES string of the molecule is CCOC1(C(=O)O)CC(CC)=C(CN)C=C1c1cccc(F)c1Cn1ccnc1. The highest BCUT2D eigenvalue weighted by molar-refractivity contribution is 5.98. The van der Waals surface area contributed by atoms with Crippen LogP contribution in [-0.4, -0.2) is 39.4 Å². The summed E-state index contributed by atoms with van der Waals surface area (Å²) in [5, 5.41) is 10.2. The molecule has 29 heavy (non-hydrogen) atoms. The number of carboxylic acids is 1. The van der Waals surface area contributed by atoms with Gasteiger partial charge in [-0.05, 0) is 30.5 Å². The fraction of sp³-hybridized carbons (Fsp3) is 0.364. The summed E-state index contributed by atoms with van der Waals surface area (Å²) in [6.07, 6.45) is 7.58. The topological polar surface area (TPSA) is 90.4 Å². The molecule has 1 heterocycles. The van der Waals surface area contributed by atoms with E-state index in [1.165, 1.54) is 6.07 Å². The number of imidazole rings is 1. The van der Waals surface area contributed by atoms with Gasteiger partial charge in [0.15, 0.2) is 5.60 Å². The second-order valence-electron chi connectivity index (χ2n) is 6.99. The number of hydrogen-bond acceptors (Lipinski definition) is 4. The molecule has 0 bridgehead atoms. The molecule has 154 valence electrons. The number of nitrogens with zero attached hydrogens (tertiary/aromatic N) is 2. The lowest BCUT2D eigenvalue weighted by molar-refractivity contribution is -0.157. The summed E-state index contributed by atoms with van der Waals surface area (Å²) in [5.41, 5.74) is 7.50. The summed E-state index contributed by atoms with van der Waals surface area (Å²) in [6.45, 7) is 4.44. The Morgan fingerprint density at radius 1 is 1.41 bits per heavy atom. The van der Waals surface area contributed by atoms with Crippen LogP contribution >= 0.6 is 0 Å². The van der Waals surface area contributed by atoms with Crippen molar-refractivity contribution in [2.24, 2.45) is 5.73 Å². The third-order valence-electron chi connectivity index (χ3n) is 5.36. The van der Waals surface area contributed by atoms with Gasteiger partial charge in [-0.15, -0.1) is 0 Å². The first kappa shape index (κ1) is 21.0. The van der Waals surface area contributed by atoms with Gasteiger partial charge >= 0.3 is 5.97 Å². The highest BCUT2D eigenvalue weighted by atomic mass is 19.1. The first-order chi connectivity index (χ1) is 14.0. The van der Waals surface area contributed by atoms with E-state index in [0.29, 0.717) is 23.1 Å². The van der Waals surface area contributed by atoms with Gasteiger partial charge in [0, 0.05) is 43.1 Å². The van der Waals surface area contributed by atoms with Gasteiger partial charge < -0.3 is 20.1 Å². The van der Waals surface area contributed by atoms with Crippen LogP contribution in [0.25, 0.3) is 5.57 Å². The van der Waals surface area contributed by atoms with Crippen LogP contribution in [0.4, 0.5) is 4.39 Å². The normalized spacial score (nSPS) is 19.4. The van der Waals surface area contributed by atoms with E-state index in [-0.39, 0.29) is 26.1 Å². The molecule has 1 aromatic carbocycles. The van der Waals surface area contributed by atoms with Gasteiger partial charge in [0.25, 0.3) is 0 Å². The Morgan fingerprint density at radius 2 is 2.21 bits per heavy atom. The molecule has 3 N–H and O–H groups in total. The largest absolute Gasteiger partial charge is 0.479 e. The number of benzene rings is 1. The third kappa shape index (κ3) is 3.88. The molecule has 7 heteroatoms. The van der Waals surface area contributed by atoms with Crippen molar-refractivity contribution in [3.8, 4) is 0 Å². The number of carboxylic acid groups (broad SMARTS) is 1. The minimum atomic E-state index is -1.59. The van der Waals surface area contributed by atoms with Crippen LogP contribution in [0.3, 0.4) is 0 Å². The zero-order chi connectivity index (χ0) is 21.0. The fourth-order valence-electron chi connectivity index (χ4n) is 3.92. The number of hydrogen-bond donors (Lipinski definition) is 2. The van der Waals surface area contributed by atoms with Crippen molar-refractivity contribution in [2.75, 3.05) is 13.2 Å². The smallest absolute Gasteiger partial charge is 0.341 e. The molecule has 0 saturated carbocycles. The molecule has 0 aliphatic heterocycles. The third-order valence-corrected chi connectivity index (χ3v) is 5.36. The maximum absolute atomic E-state index is 14.9. The quantitative estimate of drug-likeness (QED) is 0.710. The molecule has 1 aliphatic carbocycles. The van der Waals surface area contributed by atoms with Crippen LogP contribution in [-0.2, 0) is 16.1 Å². The second-order valence-corrected chi connectivity index (χ2v) is 6.99. The number of rotatable bonds is 8. The van der Waals surface area contributed by atoms with Crippen LogP contribution in [0.1, 0.15) is 37.8 Å². The molecule has 0 saturated heterocycles. The van der Waals surface area contributed by atoms with E-state index in [1.54, 1.807) is 48.4 Å². The van der Waals surface area contributed by atoms with Crippen molar-refractivity contribution in [3.63, 3.8) is 0 Å². The number of aliphatic carboxylic acids is 1. The van der Waals surface area contributed by atoms with Crippen LogP contribution in [0.15, 0.2) is 54.1 Å². The molecule has 1 atom stereocenters. The zero-order valence-electron chi connectivity index (χ0n) is 16.7. The highest BCUT2D eigenvalue weighted by Gasteiger charge is 2.47. The van der Waals surface area contributed by atoms with Gasteiger partial charge in [0.1, 0.15) is 5.82 Å². The van der Waals surface area contributed by atoms with E-state index in [2.05, 4.69) is 4.98 Å². The van der Waals surface area contributed by atoms with E-state index in [1.807, 2.05) is 6.92 Å². The lowest BCUT2D eigenvalue weighted by Crippen LogP contribution is -2.45. The van der Waals surface area contributed by atoms with Crippen molar-refractivity contribution in [1.29, 1.82) is 0 Å². The second kappa shape index (κ2) is 8.71. The lowest BCUT2D eigenvalue weighted by Gasteiger charge is -2.37. The number of carbonyl (C=O) groups is 1. The molecule has 1 aromatic heterocycles. The first-order valence-corrected chi connectivity index (χ1v) is 9.70. The molecular weight excluding hydrogens is 373 g/mol. The van der Waals surface area contributed by atoms with Crippen LogP contribution in [0, 0.1) is 5.82 Å². The van der Waals surface area contributed by atoms with Crippen LogP contribution < -0.4 is 5.73 Å². The van der Waals surface area contributed by atoms with Crippen molar-refractivity contribution < 1.29 is 19.0 Å². The Morgan fingerprint density at radius 3 is 2.79 bits per heavy atom. The summed E-state index contributed by atoms with van der Waals surface area (Å²) < 4.78 is 22.5. The summed E-state index contributed by atoms with van der Waals surface area (Å²) in [7, 11) is 0. The van der Waals surface area contributed by atoms with Crippen molar-refractivity contribution in [2.45, 2.75) is 38.8 Å². The summed E-state index contributed by atoms with van der Waals surface area (Å²) in [6, 6.07) is 4.70. The molecule has 6 nitrogen and oxygen atoms in total. The number of ether oxygens (including phenoxy) is 1. The summed E-state index contributed by atoms with van der Waals surface area (Å²) in [4.78, 5) is 16.5. The first-order valence-electron chi connectivity index (χ1n) is 9.70. The molecule has 0 fully saturated rings. The molecule has 0 amide bonds. The average Bonchev–Trinajstić information content (AvgIpc) is 3.22. The lowest BCUT2D eigenvalue weighted by atomic mass is 9.74. The van der Waals surface area contributed by atoms with E-state index >= 15 is 0 Å². The molecular formula is C22H26FN3O3. The predicted octanol–water partition coefficient (Wildman–Crippen LogP) is 3.38. The molecule has 1 unspecified atom stereocenters. The van der Waals surface area contributed by atoms with Gasteiger partial charge in [-0.3, -0.25) is 0 Å². The highest BCUT2D eigenvalue weighted by Crippen LogP contribution is 2.44. The van der Waals surface area contributed by atoms with Crippen molar-refractivity contribution in [1.82, 2.24) is 9.55 Å². The minimum Gasteiger partial charge on any atom is -0.479 e. The van der Waals surface area contributed by atoms with E-state index < -0.39 is 17.4 Å². The Bertz CT molecular complexity index is 950. The molecule has 1 aliphatic rings. The minimum absolute atomic E-state index is 0.187. The fourth-order valence-corrected chi connectivity index (χ4v) is 3.92. The van der Waals surface area contributed by atoms with Gasteiger partial charge in [-0.1, -0.05) is 30.7 Å². The van der Waals surface area contributed by atoms with Crippen molar-refractivity contribution >= 4 is 11.5 Å². The van der Waals surface area contributed by atoms with E-state index in [4.69, 9.17) is 10.5 Å². The Kier molecular flexibility index (Phi) is 6.30. The van der Waals surface area contributed by atoms with Gasteiger partial charge in [-0.25, -0.2) is 14.2 Å². The summed E-state index contributed by atoms with van der Waals surface area (Å²) in [5.74, 6) is -1.50. The van der Waals surface area contributed by atoms with Gasteiger partial charge in [0.05, 0.1) is 12.9 Å². The number of nitrogens with two attached hydrogens (primary N) is 1. The Hall–Kier alpha value is -2.77. The van der Waals surface area contributed by atoms with Gasteiger partial charge in [-0.2, -0.15) is 0 Å². The van der Waals surface area contributed by atoms with Crippen molar-refractivity contribution in [3.05, 3.63) is 71.1 Å². The predicted molar refractivity (Wildman–Crippen MR) is 109 cm³/mol. The molecule has 3 rings (SSSR count). The zero-order valence-corrected chi connectivity index (χ0v) is 16.7. The Balaban J connectivity index is 2.24. The molecule has 0 radical (unpaired) electrons. The Labute approximate surface area is 169 Å². The number of aromatic nitrogens is 2. The van der Waals surface area contributed by atoms with Crippen LogP contribution in [0.2, 0.25) is 0 Å². The standard InChI is InChI=1S/C22H26FN3O3/c1-3-15-11-22(21(27)28,29-4-2)19(10-16(15)12-24)17-6-5-7-20(23)18(17)13-26-9-8-25-14-26/h5-10,14H,3-4,11-13,24H2,1-2H3,(H,27,28).